The van der Waals surface area contributed by atoms with Gasteiger partial charge in [-0.25, -0.2) is 4.79 Å². The maximum absolute atomic E-state index is 12.8. The first-order valence-corrected chi connectivity index (χ1v) is 8.80. The number of carbonyl (C=O) groups excluding carboxylic acids is 1. The lowest BCUT2D eigenvalue weighted by molar-refractivity contribution is 0.193. The van der Waals surface area contributed by atoms with Gasteiger partial charge in [-0.2, -0.15) is 0 Å². The van der Waals surface area contributed by atoms with Crippen molar-refractivity contribution in [1.29, 1.82) is 0 Å². The number of rotatable bonds is 7. The molecule has 2 aromatic rings. The van der Waals surface area contributed by atoms with Crippen LogP contribution in [0.4, 0.5) is 4.79 Å². The molecule has 0 fully saturated rings. The SMILES string of the molecule is CCCC(NC(=O)N(CC)Cc1ccccc1C)c1ccccc1. The third-order valence-electron chi connectivity index (χ3n) is 4.37. The van der Waals surface area contributed by atoms with Crippen LogP contribution in [0, 0.1) is 6.92 Å². The Morgan fingerprint density at radius 1 is 1.04 bits per heavy atom. The molecule has 0 spiro atoms. The van der Waals surface area contributed by atoms with Crippen LogP contribution in [0.5, 0.6) is 0 Å². The van der Waals surface area contributed by atoms with Crippen LogP contribution in [0.15, 0.2) is 54.6 Å². The summed E-state index contributed by atoms with van der Waals surface area (Å²) in [5, 5.41) is 3.21. The second-order valence-corrected chi connectivity index (χ2v) is 6.14. The molecule has 0 aliphatic carbocycles. The normalized spacial score (nSPS) is 11.8. The van der Waals surface area contributed by atoms with Crippen molar-refractivity contribution in [2.45, 2.75) is 46.2 Å². The van der Waals surface area contributed by atoms with E-state index in [2.05, 4.69) is 43.4 Å². The van der Waals surface area contributed by atoms with E-state index in [1.54, 1.807) is 0 Å². The molecule has 0 bridgehead atoms. The Hall–Kier alpha value is -2.29. The van der Waals surface area contributed by atoms with E-state index in [1.807, 2.05) is 42.2 Å². The second-order valence-electron chi connectivity index (χ2n) is 6.14. The van der Waals surface area contributed by atoms with Crippen molar-refractivity contribution in [3.63, 3.8) is 0 Å². The van der Waals surface area contributed by atoms with Gasteiger partial charge in [-0.1, -0.05) is 67.9 Å². The molecule has 0 saturated carbocycles. The minimum Gasteiger partial charge on any atom is -0.331 e. The second kappa shape index (κ2) is 9.11. The Bertz CT molecular complexity index is 639. The minimum atomic E-state index is 0.00283. The van der Waals surface area contributed by atoms with Gasteiger partial charge in [-0.15, -0.1) is 0 Å². The smallest absolute Gasteiger partial charge is 0.318 e. The van der Waals surface area contributed by atoms with Crippen molar-refractivity contribution in [3.8, 4) is 0 Å². The van der Waals surface area contributed by atoms with E-state index in [9.17, 15) is 4.79 Å². The average Bonchev–Trinajstić information content (AvgIpc) is 2.61. The topological polar surface area (TPSA) is 32.3 Å². The van der Waals surface area contributed by atoms with Crippen LogP contribution in [-0.2, 0) is 6.54 Å². The first-order valence-electron chi connectivity index (χ1n) is 8.80. The van der Waals surface area contributed by atoms with Crippen LogP contribution in [0.25, 0.3) is 0 Å². The molecule has 3 nitrogen and oxygen atoms in total. The standard InChI is InChI=1S/C21H28N2O/c1-4-11-20(18-13-7-6-8-14-18)22-21(24)23(5-2)16-19-15-10-9-12-17(19)3/h6-10,12-15,20H,4-5,11,16H2,1-3H3,(H,22,24). The molecule has 2 amide bonds. The Morgan fingerprint density at radius 3 is 2.33 bits per heavy atom. The van der Waals surface area contributed by atoms with Gasteiger partial charge in [-0.3, -0.25) is 0 Å². The number of carbonyl (C=O) groups is 1. The van der Waals surface area contributed by atoms with E-state index in [-0.39, 0.29) is 12.1 Å². The summed E-state index contributed by atoms with van der Waals surface area (Å²) in [4.78, 5) is 14.6. The van der Waals surface area contributed by atoms with Gasteiger partial charge in [0.25, 0.3) is 0 Å². The number of hydrogen-bond donors (Lipinski definition) is 1. The van der Waals surface area contributed by atoms with Crippen molar-refractivity contribution >= 4 is 6.03 Å². The van der Waals surface area contributed by atoms with Gasteiger partial charge in [0.05, 0.1) is 6.04 Å². The monoisotopic (exact) mass is 324 g/mol. The number of nitrogens with zero attached hydrogens (tertiary/aromatic N) is 1. The molecule has 0 saturated heterocycles. The van der Waals surface area contributed by atoms with Crippen LogP contribution in [0.2, 0.25) is 0 Å². The van der Waals surface area contributed by atoms with E-state index >= 15 is 0 Å². The fourth-order valence-corrected chi connectivity index (χ4v) is 2.86. The maximum atomic E-state index is 12.8. The predicted molar refractivity (Wildman–Crippen MR) is 99.9 cm³/mol. The molecule has 24 heavy (non-hydrogen) atoms. The quantitative estimate of drug-likeness (QED) is 0.758. The van der Waals surface area contributed by atoms with Crippen molar-refractivity contribution in [2.75, 3.05) is 6.54 Å². The lowest BCUT2D eigenvalue weighted by Gasteiger charge is -2.26. The summed E-state index contributed by atoms with van der Waals surface area (Å²) in [6.45, 7) is 7.59. The summed E-state index contributed by atoms with van der Waals surface area (Å²) in [5.74, 6) is 0. The van der Waals surface area contributed by atoms with Crippen LogP contribution < -0.4 is 5.32 Å². The van der Waals surface area contributed by atoms with E-state index in [4.69, 9.17) is 0 Å². The summed E-state index contributed by atoms with van der Waals surface area (Å²) >= 11 is 0. The van der Waals surface area contributed by atoms with Crippen LogP contribution in [0.3, 0.4) is 0 Å². The molecular weight excluding hydrogens is 296 g/mol. The van der Waals surface area contributed by atoms with Gasteiger partial charge in [0, 0.05) is 13.1 Å². The zero-order chi connectivity index (χ0) is 17.4. The lowest BCUT2D eigenvalue weighted by Crippen LogP contribution is -2.41. The number of benzene rings is 2. The molecule has 2 rings (SSSR count). The van der Waals surface area contributed by atoms with Gasteiger partial charge >= 0.3 is 6.03 Å². The molecule has 1 atom stereocenters. The number of aryl methyl sites for hydroxylation is 1. The van der Waals surface area contributed by atoms with Crippen LogP contribution in [0.1, 0.15) is 49.4 Å². The fourth-order valence-electron chi connectivity index (χ4n) is 2.86. The maximum Gasteiger partial charge on any atom is 0.318 e. The molecular formula is C21H28N2O. The zero-order valence-corrected chi connectivity index (χ0v) is 15.0. The zero-order valence-electron chi connectivity index (χ0n) is 15.0. The Balaban J connectivity index is 2.08. The van der Waals surface area contributed by atoms with E-state index in [0.29, 0.717) is 13.1 Å². The molecule has 2 aromatic carbocycles. The molecule has 0 heterocycles. The highest BCUT2D eigenvalue weighted by Crippen LogP contribution is 2.19. The highest BCUT2D eigenvalue weighted by atomic mass is 16.2. The third kappa shape index (κ3) is 4.85. The van der Waals surface area contributed by atoms with Gasteiger partial charge in [-0.05, 0) is 37.0 Å². The molecule has 128 valence electrons. The van der Waals surface area contributed by atoms with Gasteiger partial charge < -0.3 is 10.2 Å². The van der Waals surface area contributed by atoms with Gasteiger partial charge in [0.1, 0.15) is 0 Å². The molecule has 1 N–H and O–H groups in total. The van der Waals surface area contributed by atoms with E-state index < -0.39 is 0 Å². The molecule has 1 unspecified atom stereocenters. The number of amides is 2. The minimum absolute atomic E-state index is 0.00283. The Labute approximate surface area is 145 Å². The fraction of sp³-hybridized carbons (Fsp3) is 0.381. The largest absolute Gasteiger partial charge is 0.331 e. The summed E-state index contributed by atoms with van der Waals surface area (Å²) in [5.41, 5.74) is 3.58. The molecule has 0 aliphatic rings. The van der Waals surface area contributed by atoms with E-state index in [1.165, 1.54) is 16.7 Å². The van der Waals surface area contributed by atoms with Crippen LogP contribution >= 0.6 is 0 Å². The number of urea groups is 1. The summed E-state index contributed by atoms with van der Waals surface area (Å²) in [7, 11) is 0. The Morgan fingerprint density at radius 2 is 1.71 bits per heavy atom. The lowest BCUT2D eigenvalue weighted by atomic mass is 10.0. The molecule has 0 radical (unpaired) electrons. The van der Waals surface area contributed by atoms with Gasteiger partial charge in [0.2, 0.25) is 0 Å². The average molecular weight is 324 g/mol. The summed E-state index contributed by atoms with van der Waals surface area (Å²) in [6.07, 6.45) is 1.97. The number of hydrogen-bond acceptors (Lipinski definition) is 1. The molecule has 3 heteroatoms. The highest BCUT2D eigenvalue weighted by molar-refractivity contribution is 5.74. The van der Waals surface area contributed by atoms with Crippen molar-refractivity contribution < 1.29 is 4.79 Å². The Kier molecular flexibility index (Phi) is 6.86. The number of nitrogens with one attached hydrogen (secondary N) is 1. The molecule has 0 aliphatic heterocycles. The van der Waals surface area contributed by atoms with Crippen molar-refractivity contribution in [2.24, 2.45) is 0 Å². The first kappa shape index (κ1) is 18.1. The third-order valence-corrected chi connectivity index (χ3v) is 4.37. The van der Waals surface area contributed by atoms with Crippen molar-refractivity contribution in [3.05, 3.63) is 71.3 Å². The van der Waals surface area contributed by atoms with Crippen LogP contribution in [-0.4, -0.2) is 17.5 Å². The first-order chi connectivity index (χ1) is 11.7. The predicted octanol–water partition coefficient (Wildman–Crippen LogP) is 5.07. The summed E-state index contributed by atoms with van der Waals surface area (Å²) in [6, 6.07) is 18.5. The van der Waals surface area contributed by atoms with Gasteiger partial charge in [0.15, 0.2) is 0 Å². The van der Waals surface area contributed by atoms with E-state index in [0.717, 1.165) is 12.8 Å². The van der Waals surface area contributed by atoms with Crippen molar-refractivity contribution in [1.82, 2.24) is 10.2 Å². The summed E-state index contributed by atoms with van der Waals surface area (Å²) < 4.78 is 0. The molecule has 0 aromatic heterocycles. The highest BCUT2D eigenvalue weighted by Gasteiger charge is 2.18.